The molecule has 9 nitrogen and oxygen atoms in total. The van der Waals surface area contributed by atoms with Crippen LogP contribution in [0.3, 0.4) is 0 Å². The highest BCUT2D eigenvalue weighted by molar-refractivity contribution is 5.94. The molecule has 2 unspecified atom stereocenters. The maximum atomic E-state index is 12.9. The summed E-state index contributed by atoms with van der Waals surface area (Å²) >= 11 is 0. The van der Waals surface area contributed by atoms with Gasteiger partial charge in [0.25, 0.3) is 11.4 Å². The summed E-state index contributed by atoms with van der Waals surface area (Å²) < 4.78 is 0. The first-order valence-electron chi connectivity index (χ1n) is 7.76. The molecule has 136 valence electrons. The Morgan fingerprint density at radius 1 is 0.846 bits per heavy atom. The second-order valence-corrected chi connectivity index (χ2v) is 5.92. The summed E-state index contributed by atoms with van der Waals surface area (Å²) in [6.07, 6.45) is 0. The number of nitrogen functional groups attached to an aromatic ring is 2. The lowest BCUT2D eigenvalue weighted by atomic mass is 9.84. The molecule has 9 heteroatoms. The molecule has 0 fully saturated rings. The van der Waals surface area contributed by atoms with Crippen molar-refractivity contribution < 1.29 is 14.6 Å². The van der Waals surface area contributed by atoms with Gasteiger partial charge in [-0.05, 0) is 11.1 Å². The molecule has 0 radical (unpaired) electrons. The van der Waals surface area contributed by atoms with Crippen LogP contribution >= 0.6 is 0 Å². The maximum Gasteiger partial charge on any atom is 0.292 e. The molecule has 0 saturated carbocycles. The highest BCUT2D eigenvalue weighted by Gasteiger charge is 2.29. The van der Waals surface area contributed by atoms with Crippen LogP contribution in [0.2, 0.25) is 0 Å². The molecule has 0 aliphatic rings. The molecule has 0 heterocycles. The third-order valence-electron chi connectivity index (χ3n) is 4.41. The molecule has 2 aromatic carbocycles. The van der Waals surface area contributed by atoms with Crippen LogP contribution in [0.1, 0.15) is 36.8 Å². The fraction of sp³-hybridized carbons (Fsp3) is 0.235. The summed E-state index contributed by atoms with van der Waals surface area (Å²) in [5, 5.41) is 22.1. The van der Waals surface area contributed by atoms with Crippen molar-refractivity contribution in [2.75, 3.05) is 11.5 Å². The minimum Gasteiger partial charge on any atom is -0.393 e. The van der Waals surface area contributed by atoms with Gasteiger partial charge in [0.1, 0.15) is 17.2 Å². The Labute approximate surface area is 148 Å². The van der Waals surface area contributed by atoms with E-state index in [0.717, 1.165) is 0 Å². The number of carbonyl (C=O) groups excluding carboxylic acids is 1. The Morgan fingerprint density at radius 3 is 1.50 bits per heavy atom. The van der Waals surface area contributed by atoms with Gasteiger partial charge < -0.3 is 11.5 Å². The predicted octanol–water partition coefficient (Wildman–Crippen LogP) is 3.14. The van der Waals surface area contributed by atoms with Crippen LogP contribution in [0.4, 0.5) is 22.7 Å². The van der Waals surface area contributed by atoms with E-state index in [4.69, 9.17) is 11.5 Å². The first-order valence-corrected chi connectivity index (χ1v) is 7.76. The van der Waals surface area contributed by atoms with E-state index in [9.17, 15) is 25.0 Å². The molecule has 0 saturated heterocycles. The first kappa shape index (κ1) is 18.8. The average Bonchev–Trinajstić information content (AvgIpc) is 2.59. The van der Waals surface area contributed by atoms with E-state index < -0.39 is 21.7 Å². The highest BCUT2D eigenvalue weighted by atomic mass is 16.6. The second kappa shape index (κ2) is 7.18. The summed E-state index contributed by atoms with van der Waals surface area (Å²) in [6.45, 7) is 3.17. The molecule has 0 spiro atoms. The van der Waals surface area contributed by atoms with E-state index in [1.165, 1.54) is 24.3 Å². The van der Waals surface area contributed by atoms with E-state index in [1.54, 1.807) is 26.0 Å². The number of benzene rings is 2. The molecule has 2 rings (SSSR count). The van der Waals surface area contributed by atoms with Crippen molar-refractivity contribution >= 4 is 28.5 Å². The lowest BCUT2D eigenvalue weighted by molar-refractivity contribution is -0.384. The molecular weight excluding hydrogens is 340 g/mol. The number of Topliss-reactive ketones (excluding diaryl/α,β-unsaturated/α-hetero) is 1. The molecule has 0 aliphatic carbocycles. The van der Waals surface area contributed by atoms with Gasteiger partial charge in [-0.25, -0.2) is 0 Å². The van der Waals surface area contributed by atoms with Crippen LogP contribution in [-0.2, 0) is 4.79 Å². The Bertz CT molecular complexity index is 825. The molecule has 2 aromatic rings. The summed E-state index contributed by atoms with van der Waals surface area (Å²) in [5.41, 5.74) is 11.7. The minimum absolute atomic E-state index is 0.0717. The van der Waals surface area contributed by atoms with E-state index in [0.29, 0.717) is 11.1 Å². The molecule has 0 amide bonds. The van der Waals surface area contributed by atoms with Crippen molar-refractivity contribution in [3.63, 3.8) is 0 Å². The summed E-state index contributed by atoms with van der Waals surface area (Å²) in [6, 6.07) is 8.54. The van der Waals surface area contributed by atoms with Gasteiger partial charge in [-0.3, -0.25) is 25.0 Å². The highest BCUT2D eigenvalue weighted by Crippen LogP contribution is 2.36. The van der Waals surface area contributed by atoms with Gasteiger partial charge in [0.2, 0.25) is 0 Å². The third-order valence-corrected chi connectivity index (χ3v) is 4.41. The number of hydrogen-bond donors (Lipinski definition) is 2. The minimum atomic E-state index is -0.747. The fourth-order valence-electron chi connectivity index (χ4n) is 2.90. The number of nitrogens with two attached hydrogens (primary N) is 2. The van der Waals surface area contributed by atoms with Crippen molar-refractivity contribution in [3.8, 4) is 0 Å². The van der Waals surface area contributed by atoms with Gasteiger partial charge in [-0.1, -0.05) is 38.1 Å². The number of rotatable bonds is 6. The number of hydrogen-bond acceptors (Lipinski definition) is 7. The van der Waals surface area contributed by atoms with E-state index >= 15 is 0 Å². The van der Waals surface area contributed by atoms with Crippen LogP contribution in [0, 0.1) is 20.2 Å². The quantitative estimate of drug-likeness (QED) is 0.456. The molecule has 0 aliphatic heterocycles. The number of para-hydroxylation sites is 2. The van der Waals surface area contributed by atoms with Crippen LogP contribution < -0.4 is 11.5 Å². The van der Waals surface area contributed by atoms with E-state index in [1.807, 2.05) is 0 Å². The van der Waals surface area contributed by atoms with Crippen LogP contribution in [-0.4, -0.2) is 15.6 Å². The molecule has 0 bridgehead atoms. The van der Waals surface area contributed by atoms with E-state index in [2.05, 4.69) is 0 Å². The topological polar surface area (TPSA) is 155 Å². The number of ketones is 1. The Kier molecular flexibility index (Phi) is 5.20. The predicted molar refractivity (Wildman–Crippen MR) is 96.9 cm³/mol. The van der Waals surface area contributed by atoms with Gasteiger partial charge in [0.05, 0.1) is 9.85 Å². The zero-order chi connectivity index (χ0) is 19.6. The maximum absolute atomic E-state index is 12.9. The lowest BCUT2D eigenvalue weighted by Gasteiger charge is -2.19. The number of nitro benzene ring substituents is 2. The normalized spacial score (nSPS) is 13.0. The van der Waals surface area contributed by atoms with Crippen molar-refractivity contribution in [2.45, 2.75) is 25.7 Å². The van der Waals surface area contributed by atoms with Crippen molar-refractivity contribution in [1.29, 1.82) is 0 Å². The summed E-state index contributed by atoms with van der Waals surface area (Å²) in [5.74, 6) is -1.79. The average molecular weight is 358 g/mol. The van der Waals surface area contributed by atoms with Gasteiger partial charge >= 0.3 is 0 Å². The largest absolute Gasteiger partial charge is 0.393 e. The van der Waals surface area contributed by atoms with Gasteiger partial charge in [0.15, 0.2) is 0 Å². The number of nitrogens with zero attached hydrogens (tertiary/aromatic N) is 2. The van der Waals surface area contributed by atoms with Gasteiger partial charge in [0, 0.05) is 24.0 Å². The van der Waals surface area contributed by atoms with Gasteiger partial charge in [-0.15, -0.1) is 0 Å². The zero-order valence-corrected chi connectivity index (χ0v) is 14.2. The SMILES string of the molecule is CC(C(=O)C(C)c1cccc([N+](=O)[O-])c1N)c1cccc([N+](=O)[O-])c1N. The zero-order valence-electron chi connectivity index (χ0n) is 14.2. The smallest absolute Gasteiger partial charge is 0.292 e. The van der Waals surface area contributed by atoms with Crippen LogP contribution in [0.5, 0.6) is 0 Å². The van der Waals surface area contributed by atoms with Crippen molar-refractivity contribution in [3.05, 3.63) is 67.8 Å². The molecular formula is C17H18N4O5. The monoisotopic (exact) mass is 358 g/mol. The second-order valence-electron chi connectivity index (χ2n) is 5.92. The Morgan fingerprint density at radius 2 is 1.19 bits per heavy atom. The standard InChI is InChI=1S/C17H18N4O5/c1-9(11-5-3-7-13(15(11)18)20(23)24)17(22)10(2)12-6-4-8-14(16(12)19)21(25)26/h3-10H,18-19H2,1-2H3. The number of anilines is 2. The molecule has 2 atom stereocenters. The Balaban J connectivity index is 2.41. The van der Waals surface area contributed by atoms with Crippen LogP contribution in [0.25, 0.3) is 0 Å². The van der Waals surface area contributed by atoms with Crippen molar-refractivity contribution in [2.24, 2.45) is 0 Å². The number of nitro groups is 2. The van der Waals surface area contributed by atoms with Gasteiger partial charge in [-0.2, -0.15) is 0 Å². The van der Waals surface area contributed by atoms with Crippen LogP contribution in [0.15, 0.2) is 36.4 Å². The number of carbonyl (C=O) groups is 1. The molecule has 26 heavy (non-hydrogen) atoms. The van der Waals surface area contributed by atoms with Crippen molar-refractivity contribution in [1.82, 2.24) is 0 Å². The summed E-state index contributed by atoms with van der Waals surface area (Å²) in [4.78, 5) is 33.7. The molecule has 4 N–H and O–H groups in total. The summed E-state index contributed by atoms with van der Waals surface area (Å²) in [7, 11) is 0. The fourth-order valence-corrected chi connectivity index (χ4v) is 2.90. The molecule has 0 aromatic heterocycles. The third kappa shape index (κ3) is 3.32. The lowest BCUT2D eigenvalue weighted by Crippen LogP contribution is -2.19. The Hall–Kier alpha value is -3.49. The van der Waals surface area contributed by atoms with E-state index in [-0.39, 0.29) is 28.5 Å². The first-order chi connectivity index (χ1) is 12.2.